The molecule has 35 heavy (non-hydrogen) atoms. The van der Waals surface area contributed by atoms with Crippen LogP contribution in [0.4, 0.5) is 19.7 Å². The zero-order valence-electron chi connectivity index (χ0n) is 19.8. The van der Waals surface area contributed by atoms with Crippen molar-refractivity contribution >= 4 is 38.1 Å². The third kappa shape index (κ3) is 5.65. The molecule has 2 saturated heterocycles. The first-order chi connectivity index (χ1) is 16.6. The first-order valence-corrected chi connectivity index (χ1v) is 14.2. The molecule has 1 aromatic carbocycles. The van der Waals surface area contributed by atoms with Crippen LogP contribution in [0.15, 0.2) is 18.2 Å². The van der Waals surface area contributed by atoms with Gasteiger partial charge in [-0.15, -0.1) is 0 Å². The van der Waals surface area contributed by atoms with Gasteiger partial charge in [0.05, 0.1) is 11.3 Å². The van der Waals surface area contributed by atoms with Gasteiger partial charge >= 0.3 is 0 Å². The van der Waals surface area contributed by atoms with Crippen molar-refractivity contribution in [2.75, 3.05) is 36.4 Å². The summed E-state index contributed by atoms with van der Waals surface area (Å²) in [5, 5.41) is 3.56. The Kier molecular flexibility index (Phi) is 7.74. The number of piperidine rings is 1. The first-order valence-electron chi connectivity index (χ1n) is 11.8. The second-order valence-electron chi connectivity index (χ2n) is 9.31. The number of nitrogens with one attached hydrogen (secondary N) is 1. The molecule has 8 nitrogen and oxygen atoms in total. The molecule has 2 aliphatic heterocycles. The number of hydrogen-bond acceptors (Lipinski definition) is 8. The Morgan fingerprint density at radius 2 is 1.74 bits per heavy atom. The summed E-state index contributed by atoms with van der Waals surface area (Å²) in [5.41, 5.74) is 5.21. The second kappa shape index (κ2) is 10.5. The Labute approximate surface area is 208 Å². The molecule has 3 N–H and O–H groups in total. The van der Waals surface area contributed by atoms with Gasteiger partial charge in [0, 0.05) is 37.8 Å². The smallest absolute Gasteiger partial charge is 0.215 e. The van der Waals surface area contributed by atoms with E-state index in [0.717, 1.165) is 36.3 Å². The number of anilines is 2. The molecule has 0 radical (unpaired) electrons. The first kappa shape index (κ1) is 25.9. The number of carbonyl (C=O) groups excluding carboxylic acids is 1. The lowest BCUT2D eigenvalue weighted by Crippen LogP contribution is -2.45. The number of thiazole rings is 1. The number of hydrogen-bond donors (Lipinski definition) is 2. The topological polar surface area (TPSA) is 109 Å². The quantitative estimate of drug-likeness (QED) is 0.507. The maximum atomic E-state index is 14.0. The molecule has 0 spiro atoms. The predicted octanol–water partition coefficient (Wildman–Crippen LogP) is 3.31. The third-order valence-electron chi connectivity index (χ3n) is 6.97. The van der Waals surface area contributed by atoms with Crippen LogP contribution in [0.5, 0.6) is 0 Å². The number of ketones is 1. The minimum atomic E-state index is -3.35. The summed E-state index contributed by atoms with van der Waals surface area (Å²) in [4.78, 5) is 19.0. The molecule has 2 fully saturated rings. The zero-order chi connectivity index (χ0) is 25.3. The third-order valence-corrected chi connectivity index (χ3v) is 9.82. The van der Waals surface area contributed by atoms with E-state index in [1.807, 2.05) is 0 Å². The number of aromatic nitrogens is 1. The van der Waals surface area contributed by atoms with Crippen LogP contribution in [-0.4, -0.2) is 71.9 Å². The Morgan fingerprint density at radius 1 is 1.14 bits per heavy atom. The number of rotatable bonds is 8. The van der Waals surface area contributed by atoms with E-state index in [0.29, 0.717) is 49.7 Å². The highest BCUT2D eigenvalue weighted by Gasteiger charge is 2.32. The number of carbonyl (C=O) groups is 1. The van der Waals surface area contributed by atoms with Crippen molar-refractivity contribution in [3.05, 3.63) is 40.3 Å². The van der Waals surface area contributed by atoms with E-state index in [2.05, 4.69) is 29.0 Å². The van der Waals surface area contributed by atoms with Crippen LogP contribution in [0, 0.1) is 11.6 Å². The van der Waals surface area contributed by atoms with Crippen molar-refractivity contribution in [1.82, 2.24) is 14.2 Å². The van der Waals surface area contributed by atoms with Crippen molar-refractivity contribution < 1.29 is 22.0 Å². The summed E-state index contributed by atoms with van der Waals surface area (Å²) in [6.07, 6.45) is 3.34. The number of benzene rings is 1. The molecule has 192 valence electrons. The lowest BCUT2D eigenvalue weighted by atomic mass is 10.1. The molecule has 2 aromatic rings. The van der Waals surface area contributed by atoms with Crippen LogP contribution in [0.25, 0.3) is 0 Å². The molecular formula is C23H31F2N5O3S2. The van der Waals surface area contributed by atoms with Gasteiger partial charge in [0.1, 0.15) is 22.3 Å². The molecular weight excluding hydrogens is 496 g/mol. The van der Waals surface area contributed by atoms with Crippen LogP contribution in [-0.2, 0) is 10.0 Å². The van der Waals surface area contributed by atoms with Crippen LogP contribution in [0.3, 0.4) is 0 Å². The Hall–Kier alpha value is -2.15. The summed E-state index contributed by atoms with van der Waals surface area (Å²) >= 11 is 0.935. The minimum Gasteiger partial charge on any atom is -0.382 e. The number of nitrogen functional groups attached to an aromatic ring is 1. The molecule has 3 heterocycles. The summed E-state index contributed by atoms with van der Waals surface area (Å²) in [6, 6.07) is 3.98. The van der Waals surface area contributed by atoms with Gasteiger partial charge in [0.25, 0.3) is 0 Å². The van der Waals surface area contributed by atoms with E-state index in [1.54, 1.807) is 4.31 Å². The molecule has 12 heteroatoms. The molecule has 0 amide bonds. The molecule has 2 atom stereocenters. The Morgan fingerprint density at radius 3 is 2.34 bits per heavy atom. The molecule has 0 aliphatic carbocycles. The van der Waals surface area contributed by atoms with Crippen molar-refractivity contribution in [1.29, 1.82) is 0 Å². The van der Waals surface area contributed by atoms with Crippen LogP contribution in [0.2, 0.25) is 0 Å². The van der Waals surface area contributed by atoms with Gasteiger partial charge in [0.2, 0.25) is 15.8 Å². The average molecular weight is 528 g/mol. The molecule has 0 saturated carbocycles. The largest absolute Gasteiger partial charge is 0.382 e. The van der Waals surface area contributed by atoms with Gasteiger partial charge in [0.15, 0.2) is 5.13 Å². The Balaban J connectivity index is 1.33. The monoisotopic (exact) mass is 527 g/mol. The summed E-state index contributed by atoms with van der Waals surface area (Å²) < 4.78 is 55.4. The van der Waals surface area contributed by atoms with E-state index >= 15 is 0 Å². The van der Waals surface area contributed by atoms with Crippen molar-refractivity contribution in [2.45, 2.75) is 57.7 Å². The van der Waals surface area contributed by atoms with E-state index in [-0.39, 0.29) is 22.5 Å². The lowest BCUT2D eigenvalue weighted by Gasteiger charge is -2.32. The fraction of sp³-hybridized carbons (Fsp3) is 0.565. The number of nitrogens with two attached hydrogens (primary N) is 1. The molecule has 2 aliphatic rings. The zero-order valence-corrected chi connectivity index (χ0v) is 21.5. The highest BCUT2D eigenvalue weighted by molar-refractivity contribution is 7.89. The normalized spacial score (nSPS) is 22.5. The number of likely N-dealkylation sites (tertiary alicyclic amines) is 1. The molecule has 1 aromatic heterocycles. The van der Waals surface area contributed by atoms with Crippen molar-refractivity contribution in [3.8, 4) is 0 Å². The predicted molar refractivity (Wildman–Crippen MR) is 133 cm³/mol. The van der Waals surface area contributed by atoms with Crippen LogP contribution >= 0.6 is 11.3 Å². The lowest BCUT2D eigenvalue weighted by molar-refractivity contribution is 0.103. The summed E-state index contributed by atoms with van der Waals surface area (Å²) in [6.45, 7) is 5.60. The maximum Gasteiger partial charge on any atom is 0.215 e. The van der Waals surface area contributed by atoms with Crippen LogP contribution in [0.1, 0.15) is 54.8 Å². The minimum absolute atomic E-state index is 0.0399. The fourth-order valence-corrected chi connectivity index (χ4v) is 7.25. The van der Waals surface area contributed by atoms with E-state index in [9.17, 15) is 22.0 Å². The standard InChI is InChI=1S/C23H31F2N5O3S2/c1-14-6-7-15(2)30(14)12-13-35(32,33)29-10-8-16(9-11-29)27-23-28-22(26)21(34-23)20(31)19-17(24)4-3-5-18(19)25/h3-5,14-16H,6-13,26H2,1-2H3,(H,27,28). The van der Waals surface area contributed by atoms with Gasteiger partial charge in [-0.1, -0.05) is 17.4 Å². The van der Waals surface area contributed by atoms with Gasteiger partial charge in [-0.05, 0) is 51.7 Å². The van der Waals surface area contributed by atoms with E-state index < -0.39 is 33.0 Å². The van der Waals surface area contributed by atoms with Crippen molar-refractivity contribution in [3.63, 3.8) is 0 Å². The number of halogens is 2. The summed E-state index contributed by atoms with van der Waals surface area (Å²) in [7, 11) is -3.35. The molecule has 0 bridgehead atoms. The van der Waals surface area contributed by atoms with E-state index in [1.165, 1.54) is 6.07 Å². The SMILES string of the molecule is CC1CCC(C)N1CCS(=O)(=O)N1CCC(Nc2nc(N)c(C(=O)c3c(F)cccc3F)s2)CC1. The van der Waals surface area contributed by atoms with Gasteiger partial charge < -0.3 is 11.1 Å². The maximum absolute atomic E-state index is 14.0. The molecule has 4 rings (SSSR count). The van der Waals surface area contributed by atoms with Gasteiger partial charge in [-0.3, -0.25) is 9.69 Å². The summed E-state index contributed by atoms with van der Waals surface area (Å²) in [5.74, 6) is -2.76. The van der Waals surface area contributed by atoms with Gasteiger partial charge in [-0.25, -0.2) is 26.5 Å². The fourth-order valence-electron chi connectivity index (χ4n) is 4.88. The van der Waals surface area contributed by atoms with Gasteiger partial charge in [-0.2, -0.15) is 0 Å². The van der Waals surface area contributed by atoms with Crippen LogP contribution < -0.4 is 11.1 Å². The Bertz CT molecular complexity index is 1150. The highest BCUT2D eigenvalue weighted by Crippen LogP contribution is 2.31. The molecule has 2 unspecified atom stereocenters. The van der Waals surface area contributed by atoms with E-state index in [4.69, 9.17) is 5.73 Å². The number of sulfonamides is 1. The second-order valence-corrected chi connectivity index (χ2v) is 12.4. The average Bonchev–Trinajstić information content (AvgIpc) is 3.33. The number of nitrogens with zero attached hydrogens (tertiary/aromatic N) is 3. The highest BCUT2D eigenvalue weighted by atomic mass is 32.2. The van der Waals surface area contributed by atoms with Crippen molar-refractivity contribution in [2.24, 2.45) is 0 Å².